The molecule has 3 aromatic carbocycles. The Balaban J connectivity index is 0.000000860. The predicted molar refractivity (Wildman–Crippen MR) is 176 cm³/mol. The highest BCUT2D eigenvalue weighted by atomic mass is 32.2. The number of rotatable bonds is 18. The first-order chi connectivity index (χ1) is 21.2. The van der Waals surface area contributed by atoms with E-state index in [1.54, 1.807) is 0 Å². The SMILES string of the molecule is CCCCCCc1ccc([S+](c2ccc(CCCCCC)cc2)c2ccc(CCCCCC)cc2)cc1.O=C([O-])C(F)(F)F. The predicted octanol–water partition coefficient (Wildman–Crippen LogP) is 10.4. The monoisotopic (exact) mass is 628 g/mol. The van der Waals surface area contributed by atoms with Gasteiger partial charge in [-0.1, -0.05) is 115 Å². The van der Waals surface area contributed by atoms with Crippen LogP contribution in [0.15, 0.2) is 87.5 Å². The molecule has 0 spiro atoms. The van der Waals surface area contributed by atoms with Gasteiger partial charge in [0, 0.05) is 0 Å². The number of benzene rings is 3. The molecule has 0 saturated carbocycles. The van der Waals surface area contributed by atoms with Gasteiger partial charge in [-0.25, -0.2) is 0 Å². The summed E-state index contributed by atoms with van der Waals surface area (Å²) in [6, 6.07) is 28.7. The Kier molecular flexibility index (Phi) is 17.9. The fourth-order valence-corrected chi connectivity index (χ4v) is 7.09. The van der Waals surface area contributed by atoms with Crippen molar-refractivity contribution in [2.24, 2.45) is 0 Å². The molecular formula is C38H51F3O2S. The topological polar surface area (TPSA) is 40.1 Å². The van der Waals surface area contributed by atoms with E-state index in [0.29, 0.717) is 0 Å². The average molecular weight is 629 g/mol. The largest absolute Gasteiger partial charge is 0.542 e. The molecule has 0 N–H and O–H groups in total. The standard InChI is InChI=1S/C36H51S.C2HF3O2/c1-4-7-10-13-16-31-19-25-34(26-20-31)37(35-27-21-32(22-28-35)17-14-11-8-5-2)36-29-23-33(24-30-36)18-15-12-9-6-3;3-2(4,5)1(6)7/h19-30H,4-18H2,1-3H3;(H,6,7)/q+1;/p-1. The third kappa shape index (κ3) is 14.4. The summed E-state index contributed by atoms with van der Waals surface area (Å²) in [6.07, 6.45) is 14.3. The molecule has 0 amide bonds. The van der Waals surface area contributed by atoms with E-state index in [1.165, 1.54) is 128 Å². The van der Waals surface area contributed by atoms with Crippen LogP contribution in [0, 0.1) is 0 Å². The van der Waals surface area contributed by atoms with E-state index in [4.69, 9.17) is 9.90 Å². The molecule has 0 radical (unpaired) electrons. The minimum Gasteiger partial charge on any atom is -0.542 e. The maximum Gasteiger partial charge on any atom is 0.430 e. The number of hydrogen-bond donors (Lipinski definition) is 0. The fraction of sp³-hybridized carbons (Fsp3) is 0.500. The molecule has 0 aliphatic carbocycles. The van der Waals surface area contributed by atoms with Crippen LogP contribution in [0.4, 0.5) is 13.2 Å². The van der Waals surface area contributed by atoms with Crippen molar-refractivity contribution in [2.75, 3.05) is 0 Å². The first kappa shape index (κ1) is 37.5. The van der Waals surface area contributed by atoms with Crippen molar-refractivity contribution < 1.29 is 23.1 Å². The number of carbonyl (C=O) groups excluding carboxylic acids is 1. The lowest BCUT2D eigenvalue weighted by molar-refractivity contribution is -0.344. The van der Waals surface area contributed by atoms with Gasteiger partial charge in [-0.15, -0.1) is 0 Å². The van der Waals surface area contributed by atoms with E-state index < -0.39 is 12.1 Å². The number of halogens is 3. The summed E-state index contributed by atoms with van der Waals surface area (Å²) >= 11 is 0. The van der Waals surface area contributed by atoms with Crippen molar-refractivity contribution in [2.45, 2.75) is 138 Å². The third-order valence-electron chi connectivity index (χ3n) is 7.67. The Bertz CT molecular complexity index is 1040. The van der Waals surface area contributed by atoms with Crippen molar-refractivity contribution in [1.29, 1.82) is 0 Å². The zero-order valence-corrected chi connectivity index (χ0v) is 27.7. The van der Waals surface area contributed by atoms with Gasteiger partial charge in [0.2, 0.25) is 0 Å². The molecule has 0 saturated heterocycles. The minimum absolute atomic E-state index is 0.0657. The number of carbonyl (C=O) groups is 1. The van der Waals surface area contributed by atoms with E-state index in [9.17, 15) is 13.2 Å². The van der Waals surface area contributed by atoms with E-state index in [-0.39, 0.29) is 10.9 Å². The smallest absolute Gasteiger partial charge is 0.430 e. The van der Waals surface area contributed by atoms with E-state index in [0.717, 1.165) is 0 Å². The van der Waals surface area contributed by atoms with Crippen LogP contribution in [0.2, 0.25) is 0 Å². The normalized spacial score (nSPS) is 11.3. The summed E-state index contributed by atoms with van der Waals surface area (Å²) in [7, 11) is -0.0657. The molecule has 242 valence electrons. The average Bonchev–Trinajstić information content (AvgIpc) is 3.02. The molecule has 0 aromatic heterocycles. The van der Waals surface area contributed by atoms with Crippen LogP contribution in [-0.2, 0) is 35.0 Å². The van der Waals surface area contributed by atoms with Gasteiger partial charge in [0.15, 0.2) is 14.7 Å². The van der Waals surface area contributed by atoms with Crippen LogP contribution in [-0.4, -0.2) is 12.1 Å². The molecular weight excluding hydrogens is 577 g/mol. The number of aryl methyl sites for hydroxylation is 3. The van der Waals surface area contributed by atoms with Gasteiger partial charge in [-0.2, -0.15) is 13.2 Å². The fourth-order valence-electron chi connectivity index (χ4n) is 5.05. The third-order valence-corrected chi connectivity index (χ3v) is 9.90. The van der Waals surface area contributed by atoms with Crippen LogP contribution in [0.25, 0.3) is 0 Å². The van der Waals surface area contributed by atoms with Crippen molar-refractivity contribution in [1.82, 2.24) is 0 Å². The molecule has 3 aromatic rings. The summed E-state index contributed by atoms with van der Waals surface area (Å²) in [5, 5.41) is 8.78. The van der Waals surface area contributed by atoms with Crippen LogP contribution < -0.4 is 5.11 Å². The molecule has 0 unspecified atom stereocenters. The molecule has 0 aliphatic heterocycles. The summed E-state index contributed by atoms with van der Waals surface area (Å²) in [5.74, 6) is -3.01. The minimum atomic E-state index is -5.19. The molecule has 0 atom stereocenters. The number of unbranched alkanes of at least 4 members (excludes halogenated alkanes) is 9. The van der Waals surface area contributed by atoms with Crippen molar-refractivity contribution in [3.05, 3.63) is 89.5 Å². The number of carboxylic acids is 1. The van der Waals surface area contributed by atoms with Gasteiger partial charge < -0.3 is 9.90 Å². The Morgan fingerprint density at radius 2 is 0.773 bits per heavy atom. The van der Waals surface area contributed by atoms with Gasteiger partial charge in [0.1, 0.15) is 5.97 Å². The number of alkyl halides is 3. The molecule has 2 nitrogen and oxygen atoms in total. The van der Waals surface area contributed by atoms with Gasteiger partial charge in [0.05, 0.1) is 10.9 Å². The Hall–Kier alpha value is -2.73. The van der Waals surface area contributed by atoms with E-state index in [2.05, 4.69) is 93.6 Å². The van der Waals surface area contributed by atoms with E-state index >= 15 is 0 Å². The zero-order valence-electron chi connectivity index (χ0n) is 26.9. The molecule has 6 heteroatoms. The molecule has 0 aliphatic rings. The van der Waals surface area contributed by atoms with Gasteiger partial charge >= 0.3 is 6.18 Å². The van der Waals surface area contributed by atoms with Gasteiger partial charge in [-0.3, -0.25) is 0 Å². The Morgan fingerprint density at radius 1 is 0.523 bits per heavy atom. The lowest BCUT2D eigenvalue weighted by atomic mass is 10.1. The Morgan fingerprint density at radius 3 is 0.977 bits per heavy atom. The first-order valence-corrected chi connectivity index (χ1v) is 17.7. The van der Waals surface area contributed by atoms with E-state index in [1.807, 2.05) is 0 Å². The lowest BCUT2D eigenvalue weighted by Crippen LogP contribution is -2.37. The molecule has 0 bridgehead atoms. The van der Waals surface area contributed by atoms with Crippen molar-refractivity contribution >= 4 is 16.9 Å². The lowest BCUT2D eigenvalue weighted by Gasteiger charge is -2.11. The Labute approximate surface area is 266 Å². The zero-order chi connectivity index (χ0) is 32.2. The summed E-state index contributed by atoms with van der Waals surface area (Å²) in [4.78, 5) is 13.1. The second kappa shape index (κ2) is 21.1. The summed E-state index contributed by atoms with van der Waals surface area (Å²) in [5.41, 5.74) is 4.44. The van der Waals surface area contributed by atoms with Crippen LogP contribution >= 0.6 is 0 Å². The van der Waals surface area contributed by atoms with Gasteiger partial charge in [-0.05, 0) is 91.6 Å². The maximum absolute atomic E-state index is 10.5. The van der Waals surface area contributed by atoms with Gasteiger partial charge in [0.25, 0.3) is 0 Å². The summed E-state index contributed by atoms with van der Waals surface area (Å²) < 4.78 is 31.5. The molecule has 0 fully saturated rings. The second-order valence-electron chi connectivity index (χ2n) is 11.5. The van der Waals surface area contributed by atoms with Crippen LogP contribution in [0.5, 0.6) is 0 Å². The number of aliphatic carboxylic acids is 1. The van der Waals surface area contributed by atoms with Crippen LogP contribution in [0.3, 0.4) is 0 Å². The van der Waals surface area contributed by atoms with Crippen molar-refractivity contribution in [3.63, 3.8) is 0 Å². The molecule has 3 rings (SSSR count). The highest BCUT2D eigenvalue weighted by Gasteiger charge is 2.29. The molecule has 0 heterocycles. The highest BCUT2D eigenvalue weighted by molar-refractivity contribution is 7.97. The molecule has 44 heavy (non-hydrogen) atoms. The highest BCUT2D eigenvalue weighted by Crippen LogP contribution is 2.32. The quantitative estimate of drug-likeness (QED) is 0.104. The number of carboxylic acid groups (broad SMARTS) is 1. The van der Waals surface area contributed by atoms with Crippen molar-refractivity contribution in [3.8, 4) is 0 Å². The van der Waals surface area contributed by atoms with Crippen LogP contribution in [0.1, 0.15) is 115 Å². The summed E-state index contributed by atoms with van der Waals surface area (Å²) in [6.45, 7) is 6.86. The number of hydrogen-bond acceptors (Lipinski definition) is 2. The second-order valence-corrected chi connectivity index (χ2v) is 13.5. The first-order valence-electron chi connectivity index (χ1n) is 16.5. The maximum atomic E-state index is 10.5.